The molecule has 1 aliphatic carbocycles. The van der Waals surface area contributed by atoms with Gasteiger partial charge in [0.15, 0.2) is 5.79 Å². The van der Waals surface area contributed by atoms with Gasteiger partial charge in [-0.1, -0.05) is 30.3 Å². The van der Waals surface area contributed by atoms with Crippen molar-refractivity contribution in [1.82, 2.24) is 5.32 Å². The largest absolute Gasteiger partial charge is 0.445 e. The van der Waals surface area contributed by atoms with Gasteiger partial charge in [0, 0.05) is 24.8 Å². The first-order valence-corrected chi connectivity index (χ1v) is 7.91. The number of carbonyl (C=O) groups excluding carboxylic acids is 2. The molecule has 0 aromatic heterocycles. The minimum absolute atomic E-state index is 0.210. The zero-order valence-corrected chi connectivity index (χ0v) is 12.9. The molecule has 2 aliphatic rings. The van der Waals surface area contributed by atoms with E-state index in [0.29, 0.717) is 32.5 Å². The minimum Gasteiger partial charge on any atom is -0.445 e. The van der Waals surface area contributed by atoms with Gasteiger partial charge in [0.1, 0.15) is 12.9 Å². The number of alkyl carbamates (subject to hydrolysis) is 1. The third kappa shape index (κ3) is 3.89. The zero-order valence-electron chi connectivity index (χ0n) is 12.9. The summed E-state index contributed by atoms with van der Waals surface area (Å²) in [6.45, 7) is 1.33. The highest BCUT2D eigenvalue weighted by molar-refractivity contribution is 5.69. The maximum Gasteiger partial charge on any atom is 0.407 e. The molecule has 1 heterocycles. The summed E-state index contributed by atoms with van der Waals surface area (Å²) in [4.78, 5) is 23.3. The normalized spacial score (nSPS) is 25.9. The van der Waals surface area contributed by atoms with E-state index in [2.05, 4.69) is 5.32 Å². The second-order valence-corrected chi connectivity index (χ2v) is 5.96. The van der Waals surface area contributed by atoms with Crippen LogP contribution in [0.15, 0.2) is 30.3 Å². The van der Waals surface area contributed by atoms with Crippen LogP contribution in [-0.2, 0) is 25.6 Å². The molecule has 124 valence electrons. The Balaban J connectivity index is 1.50. The topological polar surface area (TPSA) is 73.9 Å². The zero-order chi connectivity index (χ0) is 16.1. The molecule has 2 atom stereocenters. The molecule has 3 rings (SSSR count). The van der Waals surface area contributed by atoms with E-state index in [1.807, 2.05) is 30.3 Å². The number of aldehydes is 1. The van der Waals surface area contributed by atoms with E-state index < -0.39 is 11.9 Å². The number of ether oxygens (including phenoxy) is 3. The summed E-state index contributed by atoms with van der Waals surface area (Å²) >= 11 is 0. The summed E-state index contributed by atoms with van der Waals surface area (Å²) < 4.78 is 16.5. The van der Waals surface area contributed by atoms with Gasteiger partial charge in [-0.3, -0.25) is 0 Å². The molecule has 1 aromatic carbocycles. The molecule has 23 heavy (non-hydrogen) atoms. The predicted molar refractivity (Wildman–Crippen MR) is 81.6 cm³/mol. The molecule has 1 aromatic rings. The highest BCUT2D eigenvalue weighted by atomic mass is 16.7. The van der Waals surface area contributed by atoms with E-state index in [9.17, 15) is 9.59 Å². The van der Waals surface area contributed by atoms with Crippen molar-refractivity contribution >= 4 is 12.4 Å². The number of carbonyl (C=O) groups is 2. The van der Waals surface area contributed by atoms with E-state index >= 15 is 0 Å². The van der Waals surface area contributed by atoms with Gasteiger partial charge in [-0.15, -0.1) is 0 Å². The lowest BCUT2D eigenvalue weighted by Crippen LogP contribution is -2.50. The predicted octanol–water partition coefficient (Wildman–Crippen LogP) is 2.02. The standard InChI is InChI=1S/C17H21NO5/c19-11-14-10-17(22-8-9-23-17)7-6-15(14)18-16(20)21-12-13-4-2-1-3-5-13/h1-5,11,14-15H,6-10,12H2,(H,18,20)/t14-,15+/m0/s1. The van der Waals surface area contributed by atoms with Gasteiger partial charge in [-0.05, 0) is 12.0 Å². The molecule has 1 amide bonds. The number of nitrogens with one attached hydrogen (secondary N) is 1. The van der Waals surface area contributed by atoms with Crippen LogP contribution in [-0.4, -0.2) is 37.4 Å². The summed E-state index contributed by atoms with van der Waals surface area (Å²) in [7, 11) is 0. The van der Waals surface area contributed by atoms with E-state index in [1.165, 1.54) is 0 Å². The lowest BCUT2D eigenvalue weighted by atomic mass is 9.81. The van der Waals surface area contributed by atoms with E-state index in [0.717, 1.165) is 11.8 Å². The van der Waals surface area contributed by atoms with Gasteiger partial charge in [-0.2, -0.15) is 0 Å². The van der Waals surface area contributed by atoms with Crippen LogP contribution in [0.3, 0.4) is 0 Å². The molecule has 0 bridgehead atoms. The molecule has 0 unspecified atom stereocenters. The van der Waals surface area contributed by atoms with Gasteiger partial charge >= 0.3 is 6.09 Å². The van der Waals surface area contributed by atoms with Crippen molar-refractivity contribution in [3.63, 3.8) is 0 Å². The maximum atomic E-state index is 11.9. The van der Waals surface area contributed by atoms with E-state index in [4.69, 9.17) is 14.2 Å². The fourth-order valence-electron chi connectivity index (χ4n) is 3.19. The smallest absolute Gasteiger partial charge is 0.407 e. The Kier molecular flexibility index (Phi) is 4.93. The maximum absolute atomic E-state index is 11.9. The molecular weight excluding hydrogens is 298 g/mol. The average Bonchev–Trinajstić information content (AvgIpc) is 3.04. The molecule has 1 spiro atoms. The molecule has 1 saturated carbocycles. The SMILES string of the molecule is O=C[C@@H]1CC2(CC[C@H]1NC(=O)OCc1ccccc1)OCCO2. The Morgan fingerprint density at radius 1 is 1.30 bits per heavy atom. The molecule has 1 aliphatic heterocycles. The highest BCUT2D eigenvalue weighted by Crippen LogP contribution is 2.38. The van der Waals surface area contributed by atoms with Gasteiger partial charge in [0.2, 0.25) is 0 Å². The summed E-state index contributed by atoms with van der Waals surface area (Å²) in [5, 5.41) is 2.79. The Bertz CT molecular complexity index is 541. The third-order valence-corrected chi connectivity index (χ3v) is 4.40. The van der Waals surface area contributed by atoms with Gasteiger partial charge in [0.25, 0.3) is 0 Å². The van der Waals surface area contributed by atoms with Crippen LogP contribution in [0.5, 0.6) is 0 Å². The first-order chi connectivity index (χ1) is 11.2. The fourth-order valence-corrected chi connectivity index (χ4v) is 3.19. The van der Waals surface area contributed by atoms with Gasteiger partial charge < -0.3 is 24.3 Å². The molecule has 1 saturated heterocycles. The lowest BCUT2D eigenvalue weighted by molar-refractivity contribution is -0.189. The number of benzene rings is 1. The number of hydrogen-bond acceptors (Lipinski definition) is 5. The Labute approximate surface area is 135 Å². The first-order valence-electron chi connectivity index (χ1n) is 7.91. The Hall–Kier alpha value is -1.92. The molecule has 2 fully saturated rings. The highest BCUT2D eigenvalue weighted by Gasteiger charge is 2.45. The van der Waals surface area contributed by atoms with Crippen LogP contribution in [0, 0.1) is 5.92 Å². The molecule has 6 nitrogen and oxygen atoms in total. The van der Waals surface area contributed by atoms with Crippen molar-refractivity contribution in [3.05, 3.63) is 35.9 Å². The quantitative estimate of drug-likeness (QED) is 0.860. The van der Waals surface area contributed by atoms with Crippen molar-refractivity contribution < 1.29 is 23.8 Å². The monoisotopic (exact) mass is 319 g/mol. The van der Waals surface area contributed by atoms with E-state index in [1.54, 1.807) is 0 Å². The van der Waals surface area contributed by atoms with Gasteiger partial charge in [0.05, 0.1) is 13.2 Å². The van der Waals surface area contributed by atoms with Crippen LogP contribution in [0.1, 0.15) is 24.8 Å². The summed E-state index contributed by atoms with van der Waals surface area (Å²) in [5.41, 5.74) is 0.921. The third-order valence-electron chi connectivity index (χ3n) is 4.40. The van der Waals surface area contributed by atoms with Crippen molar-refractivity contribution in [1.29, 1.82) is 0 Å². The van der Waals surface area contributed by atoms with Crippen LogP contribution in [0.25, 0.3) is 0 Å². The second kappa shape index (κ2) is 7.10. The van der Waals surface area contributed by atoms with Crippen LogP contribution < -0.4 is 5.32 Å². The van der Waals surface area contributed by atoms with Crippen molar-refractivity contribution in [2.24, 2.45) is 5.92 Å². The molecule has 1 N–H and O–H groups in total. The average molecular weight is 319 g/mol. The summed E-state index contributed by atoms with van der Waals surface area (Å²) in [6.07, 6.45) is 2.13. The molecular formula is C17H21NO5. The lowest BCUT2D eigenvalue weighted by Gasteiger charge is -2.38. The number of amides is 1. The summed E-state index contributed by atoms with van der Waals surface area (Å²) in [5.74, 6) is -0.969. The van der Waals surface area contributed by atoms with Crippen molar-refractivity contribution in [2.75, 3.05) is 13.2 Å². The first kappa shape index (κ1) is 16.0. The van der Waals surface area contributed by atoms with Crippen molar-refractivity contribution in [2.45, 2.75) is 37.7 Å². The Morgan fingerprint density at radius 3 is 2.74 bits per heavy atom. The Morgan fingerprint density at radius 2 is 2.04 bits per heavy atom. The summed E-state index contributed by atoms with van der Waals surface area (Å²) in [6, 6.07) is 9.22. The number of hydrogen-bond donors (Lipinski definition) is 1. The van der Waals surface area contributed by atoms with Crippen LogP contribution in [0.4, 0.5) is 4.79 Å². The van der Waals surface area contributed by atoms with E-state index in [-0.39, 0.29) is 18.6 Å². The van der Waals surface area contributed by atoms with Crippen LogP contribution in [0.2, 0.25) is 0 Å². The van der Waals surface area contributed by atoms with Crippen LogP contribution >= 0.6 is 0 Å². The molecule has 6 heteroatoms. The van der Waals surface area contributed by atoms with Gasteiger partial charge in [-0.25, -0.2) is 4.79 Å². The van der Waals surface area contributed by atoms with Crippen molar-refractivity contribution in [3.8, 4) is 0 Å². The minimum atomic E-state index is -0.641. The molecule has 0 radical (unpaired) electrons. The number of rotatable bonds is 4. The second-order valence-electron chi connectivity index (χ2n) is 5.96. The fraction of sp³-hybridized carbons (Fsp3) is 0.529.